The van der Waals surface area contributed by atoms with Crippen molar-refractivity contribution < 1.29 is 9.18 Å². The molecule has 110 valence electrons. The van der Waals surface area contributed by atoms with Crippen molar-refractivity contribution in [3.63, 3.8) is 0 Å². The molecule has 1 unspecified atom stereocenters. The van der Waals surface area contributed by atoms with Crippen LogP contribution in [0.4, 0.5) is 10.1 Å². The van der Waals surface area contributed by atoms with Gasteiger partial charge in [0.15, 0.2) is 0 Å². The molecular formula is C17H19FN2O. The monoisotopic (exact) mass is 286 g/mol. The molecule has 1 atom stereocenters. The Morgan fingerprint density at radius 2 is 1.95 bits per heavy atom. The number of rotatable bonds is 5. The van der Waals surface area contributed by atoms with E-state index >= 15 is 0 Å². The highest BCUT2D eigenvalue weighted by Gasteiger charge is 2.07. The molecule has 0 aliphatic carbocycles. The Morgan fingerprint density at radius 3 is 2.67 bits per heavy atom. The summed E-state index contributed by atoms with van der Waals surface area (Å²) in [5.41, 5.74) is 2.43. The van der Waals surface area contributed by atoms with Crippen molar-refractivity contribution in [1.29, 1.82) is 0 Å². The molecule has 0 aliphatic heterocycles. The number of amides is 1. The molecule has 0 aliphatic rings. The second-order valence-corrected chi connectivity index (χ2v) is 5.04. The van der Waals surface area contributed by atoms with E-state index in [1.165, 1.54) is 6.07 Å². The summed E-state index contributed by atoms with van der Waals surface area (Å²) in [6, 6.07) is 14.0. The maximum Gasteiger partial charge on any atom is 0.251 e. The van der Waals surface area contributed by atoms with E-state index in [0.717, 1.165) is 11.3 Å². The van der Waals surface area contributed by atoms with Crippen LogP contribution in [0.2, 0.25) is 0 Å². The average Bonchev–Trinajstić information content (AvgIpc) is 2.46. The maximum atomic E-state index is 13.2. The number of halogens is 1. The van der Waals surface area contributed by atoms with Crippen molar-refractivity contribution in [3.8, 4) is 0 Å². The summed E-state index contributed by atoms with van der Waals surface area (Å²) in [6.07, 6.45) is 0.710. The lowest BCUT2D eigenvalue weighted by Gasteiger charge is -2.16. The Morgan fingerprint density at radius 1 is 1.19 bits per heavy atom. The van der Waals surface area contributed by atoms with Gasteiger partial charge in [-0.3, -0.25) is 4.79 Å². The number of benzene rings is 2. The Labute approximate surface area is 124 Å². The summed E-state index contributed by atoms with van der Waals surface area (Å²) >= 11 is 0. The number of nitrogens with one attached hydrogen (secondary N) is 2. The van der Waals surface area contributed by atoms with Gasteiger partial charge in [0.2, 0.25) is 0 Å². The van der Waals surface area contributed by atoms with Crippen LogP contribution in [-0.2, 0) is 6.42 Å². The molecule has 2 aromatic carbocycles. The smallest absolute Gasteiger partial charge is 0.251 e. The number of hydrogen-bond acceptors (Lipinski definition) is 2. The summed E-state index contributed by atoms with van der Waals surface area (Å²) < 4.78 is 13.2. The minimum atomic E-state index is -0.221. The maximum absolute atomic E-state index is 13.2. The van der Waals surface area contributed by atoms with Crippen LogP contribution in [0.3, 0.4) is 0 Å². The number of hydrogen-bond donors (Lipinski definition) is 2. The summed E-state index contributed by atoms with van der Waals surface area (Å²) in [5.74, 6) is -0.335. The lowest BCUT2D eigenvalue weighted by Crippen LogP contribution is -2.20. The molecule has 2 rings (SSSR count). The van der Waals surface area contributed by atoms with Crippen LogP contribution in [0.1, 0.15) is 22.8 Å². The Bertz CT molecular complexity index is 628. The first-order chi connectivity index (χ1) is 10.1. The van der Waals surface area contributed by atoms with Crippen LogP contribution in [0.5, 0.6) is 0 Å². The van der Waals surface area contributed by atoms with Crippen molar-refractivity contribution in [2.24, 2.45) is 0 Å². The lowest BCUT2D eigenvalue weighted by molar-refractivity contribution is 0.0963. The highest BCUT2D eigenvalue weighted by Crippen LogP contribution is 2.14. The predicted octanol–water partition coefficient (Wildman–Crippen LogP) is 3.23. The molecule has 0 radical (unpaired) electrons. The summed E-state index contributed by atoms with van der Waals surface area (Å²) in [4.78, 5) is 11.6. The zero-order valence-corrected chi connectivity index (χ0v) is 12.2. The molecule has 2 aromatic rings. The minimum Gasteiger partial charge on any atom is -0.382 e. The van der Waals surface area contributed by atoms with E-state index in [2.05, 4.69) is 10.6 Å². The fourth-order valence-corrected chi connectivity index (χ4v) is 2.25. The second-order valence-electron chi connectivity index (χ2n) is 5.04. The van der Waals surface area contributed by atoms with Gasteiger partial charge in [0.25, 0.3) is 5.91 Å². The van der Waals surface area contributed by atoms with Gasteiger partial charge in [-0.15, -0.1) is 0 Å². The minimum absolute atomic E-state index is 0.114. The van der Waals surface area contributed by atoms with Crippen LogP contribution < -0.4 is 10.6 Å². The van der Waals surface area contributed by atoms with Crippen molar-refractivity contribution in [1.82, 2.24) is 5.32 Å². The molecule has 3 nitrogen and oxygen atoms in total. The molecule has 0 heterocycles. The number of carbonyl (C=O) groups is 1. The lowest BCUT2D eigenvalue weighted by atomic mass is 10.1. The van der Waals surface area contributed by atoms with E-state index < -0.39 is 0 Å². The number of carbonyl (C=O) groups excluding carboxylic acids is 1. The van der Waals surface area contributed by atoms with Gasteiger partial charge in [0.05, 0.1) is 0 Å². The third kappa shape index (κ3) is 4.31. The largest absolute Gasteiger partial charge is 0.382 e. The van der Waals surface area contributed by atoms with Crippen molar-refractivity contribution in [2.45, 2.75) is 19.4 Å². The molecule has 21 heavy (non-hydrogen) atoms. The molecule has 0 fully saturated rings. The highest BCUT2D eigenvalue weighted by molar-refractivity contribution is 5.94. The van der Waals surface area contributed by atoms with Gasteiger partial charge in [-0.2, -0.15) is 0 Å². The SMILES string of the molecule is CNC(=O)c1cccc(NC(C)Cc2cccc(F)c2)c1. The molecule has 1 amide bonds. The number of anilines is 1. The van der Waals surface area contributed by atoms with Crippen molar-refractivity contribution >= 4 is 11.6 Å². The topological polar surface area (TPSA) is 41.1 Å². The van der Waals surface area contributed by atoms with Crippen LogP contribution in [0.25, 0.3) is 0 Å². The third-order valence-electron chi connectivity index (χ3n) is 3.20. The van der Waals surface area contributed by atoms with E-state index in [1.807, 2.05) is 25.1 Å². The van der Waals surface area contributed by atoms with E-state index in [-0.39, 0.29) is 17.8 Å². The average molecular weight is 286 g/mol. The summed E-state index contributed by atoms with van der Waals surface area (Å²) in [5, 5.41) is 5.93. The van der Waals surface area contributed by atoms with Crippen LogP contribution >= 0.6 is 0 Å². The first kappa shape index (κ1) is 15.0. The highest BCUT2D eigenvalue weighted by atomic mass is 19.1. The second kappa shape index (κ2) is 6.88. The van der Waals surface area contributed by atoms with Crippen LogP contribution in [0.15, 0.2) is 48.5 Å². The van der Waals surface area contributed by atoms with Gasteiger partial charge in [0.1, 0.15) is 5.82 Å². The first-order valence-corrected chi connectivity index (χ1v) is 6.91. The molecule has 4 heteroatoms. The Kier molecular flexibility index (Phi) is 4.93. The molecule has 2 N–H and O–H groups in total. The Balaban J connectivity index is 2.02. The quantitative estimate of drug-likeness (QED) is 0.886. The van der Waals surface area contributed by atoms with Crippen molar-refractivity contribution in [2.75, 3.05) is 12.4 Å². The normalized spacial score (nSPS) is 11.8. The summed E-state index contributed by atoms with van der Waals surface area (Å²) in [7, 11) is 1.61. The zero-order chi connectivity index (χ0) is 15.2. The van der Waals surface area contributed by atoms with Gasteiger partial charge in [0, 0.05) is 24.3 Å². The van der Waals surface area contributed by atoms with Gasteiger partial charge >= 0.3 is 0 Å². The standard InChI is InChI=1S/C17H19FN2O/c1-12(9-13-5-3-7-15(18)10-13)20-16-8-4-6-14(11-16)17(21)19-2/h3-8,10-12,20H,9H2,1-2H3,(H,19,21). The Hall–Kier alpha value is -2.36. The first-order valence-electron chi connectivity index (χ1n) is 6.91. The van der Waals surface area contributed by atoms with Crippen LogP contribution in [0, 0.1) is 5.82 Å². The van der Waals surface area contributed by atoms with E-state index in [9.17, 15) is 9.18 Å². The molecule has 0 saturated heterocycles. The third-order valence-corrected chi connectivity index (χ3v) is 3.20. The van der Waals surface area contributed by atoms with Crippen molar-refractivity contribution in [3.05, 3.63) is 65.5 Å². The molecule has 0 aromatic heterocycles. The van der Waals surface area contributed by atoms with E-state index in [4.69, 9.17) is 0 Å². The van der Waals surface area contributed by atoms with Gasteiger partial charge in [-0.05, 0) is 49.2 Å². The molecule has 0 bridgehead atoms. The molecule has 0 spiro atoms. The van der Waals surface area contributed by atoms with Gasteiger partial charge in [-0.25, -0.2) is 4.39 Å². The van der Waals surface area contributed by atoms with E-state index in [1.54, 1.807) is 31.3 Å². The van der Waals surface area contributed by atoms with E-state index in [0.29, 0.717) is 12.0 Å². The molecule has 0 saturated carbocycles. The predicted molar refractivity (Wildman–Crippen MR) is 83.0 cm³/mol. The fraction of sp³-hybridized carbons (Fsp3) is 0.235. The van der Waals surface area contributed by atoms with Gasteiger partial charge < -0.3 is 10.6 Å². The fourth-order valence-electron chi connectivity index (χ4n) is 2.25. The zero-order valence-electron chi connectivity index (χ0n) is 12.2. The van der Waals surface area contributed by atoms with Gasteiger partial charge in [-0.1, -0.05) is 18.2 Å². The van der Waals surface area contributed by atoms with Crippen LogP contribution in [-0.4, -0.2) is 19.0 Å². The summed E-state index contributed by atoms with van der Waals surface area (Å²) in [6.45, 7) is 2.03. The molecular weight excluding hydrogens is 267 g/mol.